The van der Waals surface area contributed by atoms with Crippen molar-refractivity contribution < 1.29 is 0 Å². The van der Waals surface area contributed by atoms with Gasteiger partial charge in [0, 0.05) is 24.1 Å². The largest absolute Gasteiger partial charge is 0.374 e. The van der Waals surface area contributed by atoms with Crippen molar-refractivity contribution in [3.8, 4) is 0 Å². The minimum Gasteiger partial charge on any atom is -0.374 e. The highest BCUT2D eigenvalue weighted by atomic mass is 32.1. The van der Waals surface area contributed by atoms with Gasteiger partial charge in [0.25, 0.3) is 5.56 Å². The lowest BCUT2D eigenvalue weighted by Gasteiger charge is -2.04. The third-order valence-electron chi connectivity index (χ3n) is 2.20. The van der Waals surface area contributed by atoms with Crippen LogP contribution in [0.5, 0.6) is 0 Å². The van der Waals surface area contributed by atoms with E-state index in [1.165, 1.54) is 16.2 Å². The van der Waals surface area contributed by atoms with Crippen LogP contribution < -0.4 is 10.9 Å². The van der Waals surface area contributed by atoms with Crippen molar-refractivity contribution in [1.29, 1.82) is 0 Å². The van der Waals surface area contributed by atoms with Gasteiger partial charge in [-0.2, -0.15) is 5.10 Å². The van der Waals surface area contributed by atoms with Crippen molar-refractivity contribution >= 4 is 16.5 Å². The number of hydrogen-bond acceptors (Lipinski definition) is 6. The van der Waals surface area contributed by atoms with E-state index in [0.29, 0.717) is 6.54 Å². The van der Waals surface area contributed by atoms with Crippen molar-refractivity contribution in [2.45, 2.75) is 20.4 Å². The molecule has 90 valence electrons. The summed E-state index contributed by atoms with van der Waals surface area (Å²) in [4.78, 5) is 11.7. The van der Waals surface area contributed by atoms with E-state index >= 15 is 0 Å². The Balaban J connectivity index is 2.25. The Bertz CT molecular complexity index is 562. The van der Waals surface area contributed by atoms with Gasteiger partial charge in [0.1, 0.15) is 10.7 Å². The van der Waals surface area contributed by atoms with Gasteiger partial charge in [-0.25, -0.2) is 4.68 Å². The van der Waals surface area contributed by atoms with Crippen molar-refractivity contribution in [3.05, 3.63) is 33.9 Å². The number of rotatable bonds is 4. The van der Waals surface area contributed by atoms with E-state index in [1.54, 1.807) is 12.3 Å². The first-order chi connectivity index (χ1) is 8.20. The van der Waals surface area contributed by atoms with Crippen LogP contribution in [0.2, 0.25) is 0 Å². The molecule has 0 aliphatic rings. The molecule has 0 saturated heterocycles. The first kappa shape index (κ1) is 11.7. The molecule has 0 radical (unpaired) electrons. The van der Waals surface area contributed by atoms with E-state index in [-0.39, 0.29) is 5.56 Å². The molecule has 0 aliphatic carbocycles. The summed E-state index contributed by atoms with van der Waals surface area (Å²) < 4.78 is 5.25. The first-order valence-electron chi connectivity index (χ1n) is 5.29. The summed E-state index contributed by atoms with van der Waals surface area (Å²) in [6, 6.07) is 1.56. The number of hydrogen-bond donors (Lipinski definition) is 1. The second-order valence-corrected chi connectivity index (χ2v) is 4.36. The van der Waals surface area contributed by atoms with Gasteiger partial charge in [0.05, 0.1) is 12.7 Å². The summed E-state index contributed by atoms with van der Waals surface area (Å²) in [5.74, 6) is 0. The third-order valence-corrected chi connectivity index (χ3v) is 2.92. The zero-order valence-electron chi connectivity index (χ0n) is 9.67. The summed E-state index contributed by atoms with van der Waals surface area (Å²) >= 11 is 1.29. The molecule has 0 fully saturated rings. The zero-order valence-corrected chi connectivity index (χ0v) is 10.5. The molecule has 6 nitrogen and oxygen atoms in total. The second kappa shape index (κ2) is 5.05. The zero-order chi connectivity index (χ0) is 12.3. The van der Waals surface area contributed by atoms with Gasteiger partial charge in [0.15, 0.2) is 0 Å². The SMILES string of the molecule is CCNc1snnc1Cn1ncc(C)cc1=O. The molecule has 1 N–H and O–H groups in total. The van der Waals surface area contributed by atoms with E-state index in [1.807, 2.05) is 13.8 Å². The molecule has 0 spiro atoms. The number of nitrogens with one attached hydrogen (secondary N) is 1. The molecule has 0 atom stereocenters. The Morgan fingerprint density at radius 2 is 2.35 bits per heavy atom. The maximum Gasteiger partial charge on any atom is 0.267 e. The smallest absolute Gasteiger partial charge is 0.267 e. The quantitative estimate of drug-likeness (QED) is 0.873. The van der Waals surface area contributed by atoms with Crippen LogP contribution in [0.1, 0.15) is 18.2 Å². The lowest BCUT2D eigenvalue weighted by atomic mass is 10.3. The molecule has 2 heterocycles. The maximum absolute atomic E-state index is 11.7. The van der Waals surface area contributed by atoms with Gasteiger partial charge in [-0.05, 0) is 19.4 Å². The van der Waals surface area contributed by atoms with E-state index < -0.39 is 0 Å². The van der Waals surface area contributed by atoms with Crippen LogP contribution in [0.3, 0.4) is 0 Å². The van der Waals surface area contributed by atoms with Gasteiger partial charge < -0.3 is 5.32 Å². The minimum atomic E-state index is -0.125. The van der Waals surface area contributed by atoms with Crippen molar-refractivity contribution in [1.82, 2.24) is 19.4 Å². The Morgan fingerprint density at radius 1 is 1.53 bits per heavy atom. The molecule has 2 aromatic heterocycles. The van der Waals surface area contributed by atoms with Crippen LogP contribution in [-0.2, 0) is 6.54 Å². The Kier molecular flexibility index (Phi) is 3.48. The summed E-state index contributed by atoms with van der Waals surface area (Å²) in [7, 11) is 0. The predicted octanol–water partition coefficient (Wildman–Crippen LogP) is 0.883. The van der Waals surface area contributed by atoms with Crippen LogP contribution in [0, 0.1) is 6.92 Å². The molecular formula is C10H13N5OS. The van der Waals surface area contributed by atoms with Gasteiger partial charge >= 0.3 is 0 Å². The van der Waals surface area contributed by atoms with Crippen molar-refractivity contribution in [2.75, 3.05) is 11.9 Å². The average molecular weight is 251 g/mol. The van der Waals surface area contributed by atoms with Gasteiger partial charge in [-0.15, -0.1) is 5.10 Å². The molecule has 17 heavy (non-hydrogen) atoms. The standard InChI is InChI=1S/C10H13N5OS/c1-3-11-10-8(13-14-17-10)6-15-9(16)4-7(2)5-12-15/h4-5,11H,3,6H2,1-2H3. The van der Waals surface area contributed by atoms with E-state index in [2.05, 4.69) is 20.0 Å². The molecule has 0 unspecified atom stereocenters. The average Bonchev–Trinajstić information content (AvgIpc) is 2.71. The fraction of sp³-hybridized carbons (Fsp3) is 0.400. The molecule has 0 aromatic carbocycles. The number of nitrogens with zero attached hydrogens (tertiary/aromatic N) is 4. The second-order valence-electron chi connectivity index (χ2n) is 3.61. The minimum absolute atomic E-state index is 0.125. The van der Waals surface area contributed by atoms with E-state index in [9.17, 15) is 4.79 Å². The molecule has 2 rings (SSSR count). The third kappa shape index (κ3) is 2.68. The van der Waals surface area contributed by atoms with Gasteiger partial charge in [-0.3, -0.25) is 4.79 Å². The summed E-state index contributed by atoms with van der Waals surface area (Å²) in [6.45, 7) is 4.98. The predicted molar refractivity (Wildman–Crippen MR) is 66.4 cm³/mol. The van der Waals surface area contributed by atoms with E-state index in [4.69, 9.17) is 0 Å². The number of anilines is 1. The Hall–Kier alpha value is -1.76. The Morgan fingerprint density at radius 3 is 3.06 bits per heavy atom. The van der Waals surface area contributed by atoms with Crippen molar-refractivity contribution in [2.24, 2.45) is 0 Å². The summed E-state index contributed by atoms with van der Waals surface area (Å²) in [5, 5.41) is 12.1. The van der Waals surface area contributed by atoms with Crippen LogP contribution >= 0.6 is 11.5 Å². The fourth-order valence-corrected chi connectivity index (χ4v) is 2.03. The number of aromatic nitrogens is 4. The van der Waals surface area contributed by atoms with Crippen LogP contribution in [-0.4, -0.2) is 25.9 Å². The Labute approximate surface area is 102 Å². The molecular weight excluding hydrogens is 238 g/mol. The van der Waals surface area contributed by atoms with Crippen molar-refractivity contribution in [3.63, 3.8) is 0 Å². The highest BCUT2D eigenvalue weighted by Crippen LogP contribution is 2.17. The molecule has 0 aliphatic heterocycles. The lowest BCUT2D eigenvalue weighted by molar-refractivity contribution is 0.624. The topological polar surface area (TPSA) is 72.7 Å². The van der Waals surface area contributed by atoms with Crippen LogP contribution in [0.15, 0.2) is 17.1 Å². The van der Waals surface area contributed by atoms with Gasteiger partial charge in [-0.1, -0.05) is 4.49 Å². The monoisotopic (exact) mass is 251 g/mol. The summed E-state index contributed by atoms with van der Waals surface area (Å²) in [5.41, 5.74) is 1.48. The molecule has 0 amide bonds. The number of aryl methyl sites for hydroxylation is 1. The van der Waals surface area contributed by atoms with Crippen LogP contribution in [0.4, 0.5) is 5.00 Å². The van der Waals surface area contributed by atoms with Gasteiger partial charge in [0.2, 0.25) is 0 Å². The highest BCUT2D eigenvalue weighted by molar-refractivity contribution is 7.10. The molecule has 2 aromatic rings. The fourth-order valence-electron chi connectivity index (χ4n) is 1.39. The van der Waals surface area contributed by atoms with Crippen LogP contribution in [0.25, 0.3) is 0 Å². The van der Waals surface area contributed by atoms with E-state index in [0.717, 1.165) is 22.8 Å². The summed E-state index contributed by atoms with van der Waals surface area (Å²) in [6.07, 6.45) is 1.66. The maximum atomic E-state index is 11.7. The molecule has 7 heteroatoms. The highest BCUT2D eigenvalue weighted by Gasteiger charge is 2.09. The molecule has 0 bridgehead atoms. The normalized spacial score (nSPS) is 10.5. The first-order valence-corrected chi connectivity index (χ1v) is 6.07. The molecule has 0 saturated carbocycles. The lowest BCUT2D eigenvalue weighted by Crippen LogP contribution is -2.23.